The van der Waals surface area contributed by atoms with Crippen LogP contribution in [-0.4, -0.2) is 37.3 Å². The third-order valence-electron chi connectivity index (χ3n) is 5.26. The Morgan fingerprint density at radius 1 is 1.16 bits per heavy atom. The van der Waals surface area contributed by atoms with E-state index < -0.39 is 0 Å². The zero-order chi connectivity index (χ0) is 22.5. The quantitative estimate of drug-likeness (QED) is 0.298. The van der Waals surface area contributed by atoms with Crippen molar-refractivity contribution in [1.82, 2.24) is 19.5 Å². The summed E-state index contributed by atoms with van der Waals surface area (Å²) in [5.74, 6) is 0.524. The molecule has 0 aliphatic heterocycles. The second-order valence-electron chi connectivity index (χ2n) is 7.55. The molecular weight excluding hydrogens is 409 g/mol. The van der Waals surface area contributed by atoms with E-state index >= 15 is 0 Å². The Hall–Kier alpha value is -3.72. The molecule has 0 saturated carbocycles. The lowest BCUT2D eigenvalue weighted by molar-refractivity contribution is 0.271. The maximum Gasteiger partial charge on any atom is 0.227 e. The Kier molecular flexibility index (Phi) is 6.46. The number of aromatic nitrogens is 4. The van der Waals surface area contributed by atoms with Crippen molar-refractivity contribution in [2.24, 2.45) is 0 Å². The van der Waals surface area contributed by atoms with Crippen LogP contribution in [0.15, 0.2) is 54.9 Å². The van der Waals surface area contributed by atoms with Gasteiger partial charge in [-0.15, -0.1) is 0 Å². The highest BCUT2D eigenvalue weighted by molar-refractivity contribution is 5.84. The molecule has 5 N–H and O–H groups in total. The van der Waals surface area contributed by atoms with Gasteiger partial charge in [0.15, 0.2) is 17.0 Å². The molecule has 2 heterocycles. The van der Waals surface area contributed by atoms with Crippen LogP contribution in [0.25, 0.3) is 11.2 Å². The molecule has 0 radical (unpaired) electrons. The van der Waals surface area contributed by atoms with E-state index in [1.165, 1.54) is 18.2 Å². The minimum absolute atomic E-state index is 0.0379. The lowest BCUT2D eigenvalue weighted by Crippen LogP contribution is -2.24. The summed E-state index contributed by atoms with van der Waals surface area (Å²) in [6, 6.07) is 14.1. The lowest BCUT2D eigenvalue weighted by Gasteiger charge is -2.16. The molecule has 4 aromatic rings. The van der Waals surface area contributed by atoms with E-state index in [2.05, 4.69) is 25.6 Å². The smallest absolute Gasteiger partial charge is 0.227 e. The SMILES string of the molecule is CCC(CO)Nc1nc(NCc2cc(F)ccc2N)c2ncn(Cc3ccccc3)c2n1. The average molecular weight is 436 g/mol. The fraction of sp³-hybridized carbons (Fsp3) is 0.261. The van der Waals surface area contributed by atoms with Crippen LogP contribution in [0, 0.1) is 5.82 Å². The van der Waals surface area contributed by atoms with Gasteiger partial charge in [0, 0.05) is 12.2 Å². The van der Waals surface area contributed by atoms with Gasteiger partial charge in [-0.3, -0.25) is 0 Å². The third kappa shape index (κ3) is 4.78. The van der Waals surface area contributed by atoms with E-state index in [1.807, 2.05) is 41.8 Å². The summed E-state index contributed by atoms with van der Waals surface area (Å²) in [7, 11) is 0. The van der Waals surface area contributed by atoms with Crippen molar-refractivity contribution >= 4 is 28.6 Å². The highest BCUT2D eigenvalue weighted by atomic mass is 19.1. The van der Waals surface area contributed by atoms with Crippen molar-refractivity contribution in [3.05, 3.63) is 71.8 Å². The maximum atomic E-state index is 13.7. The minimum Gasteiger partial charge on any atom is -0.398 e. The Balaban J connectivity index is 1.70. The first-order valence-electron chi connectivity index (χ1n) is 10.5. The standard InChI is InChI=1S/C23H26FN7O/c1-2-18(13-32)28-23-29-21(26-11-16-10-17(24)8-9-19(16)25)20-22(30-23)31(14-27-20)12-15-6-4-3-5-7-15/h3-10,14,18,32H,2,11-13,25H2,1H3,(H2,26,28,29,30). The highest BCUT2D eigenvalue weighted by Gasteiger charge is 2.16. The molecule has 0 spiro atoms. The number of aliphatic hydroxyl groups is 1. The number of nitrogens with zero attached hydrogens (tertiary/aromatic N) is 4. The first-order chi connectivity index (χ1) is 15.6. The highest BCUT2D eigenvalue weighted by Crippen LogP contribution is 2.24. The number of benzene rings is 2. The predicted octanol–water partition coefficient (Wildman–Crippen LogP) is 3.39. The number of rotatable bonds is 9. The van der Waals surface area contributed by atoms with Gasteiger partial charge in [0.25, 0.3) is 0 Å². The molecule has 4 rings (SSSR count). The summed E-state index contributed by atoms with van der Waals surface area (Å²) >= 11 is 0. The summed E-state index contributed by atoms with van der Waals surface area (Å²) in [5.41, 5.74) is 9.46. The van der Waals surface area contributed by atoms with Crippen LogP contribution >= 0.6 is 0 Å². The molecule has 1 unspecified atom stereocenters. The summed E-state index contributed by atoms with van der Waals surface area (Å²) in [5, 5.41) is 16.0. The van der Waals surface area contributed by atoms with Crippen molar-refractivity contribution in [1.29, 1.82) is 0 Å². The summed E-state index contributed by atoms with van der Waals surface area (Å²) in [6.07, 6.45) is 2.44. The van der Waals surface area contributed by atoms with Gasteiger partial charge in [-0.2, -0.15) is 9.97 Å². The summed E-state index contributed by atoms with van der Waals surface area (Å²) in [4.78, 5) is 13.7. The summed E-state index contributed by atoms with van der Waals surface area (Å²) < 4.78 is 15.6. The van der Waals surface area contributed by atoms with Gasteiger partial charge in [0.1, 0.15) is 5.82 Å². The molecule has 1 atom stereocenters. The number of anilines is 3. The molecule has 32 heavy (non-hydrogen) atoms. The van der Waals surface area contributed by atoms with Crippen molar-refractivity contribution in [2.75, 3.05) is 23.0 Å². The number of nitrogen functional groups attached to an aromatic ring is 1. The number of nitrogens with one attached hydrogen (secondary N) is 2. The second-order valence-corrected chi connectivity index (χ2v) is 7.55. The van der Waals surface area contributed by atoms with Crippen LogP contribution in [0.1, 0.15) is 24.5 Å². The van der Waals surface area contributed by atoms with Crippen LogP contribution in [0.2, 0.25) is 0 Å². The molecule has 0 saturated heterocycles. The van der Waals surface area contributed by atoms with Crippen molar-refractivity contribution < 1.29 is 9.50 Å². The van der Waals surface area contributed by atoms with Gasteiger partial charge in [-0.1, -0.05) is 37.3 Å². The number of imidazole rings is 1. The molecular formula is C23H26FN7O. The van der Waals surface area contributed by atoms with Crippen molar-refractivity contribution in [3.8, 4) is 0 Å². The van der Waals surface area contributed by atoms with Crippen LogP contribution in [0.3, 0.4) is 0 Å². The molecule has 0 fully saturated rings. The van der Waals surface area contributed by atoms with E-state index in [0.29, 0.717) is 47.1 Å². The number of fused-ring (bicyclic) bond motifs is 1. The molecule has 0 amide bonds. The Bertz CT molecular complexity index is 1190. The van der Waals surface area contributed by atoms with Gasteiger partial charge >= 0.3 is 0 Å². The Morgan fingerprint density at radius 2 is 1.97 bits per heavy atom. The minimum atomic E-state index is -0.355. The van der Waals surface area contributed by atoms with Crippen molar-refractivity contribution in [3.63, 3.8) is 0 Å². The molecule has 2 aromatic heterocycles. The monoisotopic (exact) mass is 435 g/mol. The lowest BCUT2D eigenvalue weighted by atomic mass is 10.2. The van der Waals surface area contributed by atoms with Crippen LogP contribution in [0.4, 0.5) is 21.8 Å². The third-order valence-corrected chi connectivity index (χ3v) is 5.26. The Labute approximate surface area is 185 Å². The predicted molar refractivity (Wildman–Crippen MR) is 124 cm³/mol. The van der Waals surface area contributed by atoms with Gasteiger partial charge in [-0.05, 0) is 35.7 Å². The largest absolute Gasteiger partial charge is 0.398 e. The van der Waals surface area contributed by atoms with E-state index in [0.717, 1.165) is 5.56 Å². The van der Waals surface area contributed by atoms with Gasteiger partial charge in [0.05, 0.1) is 25.5 Å². The molecule has 8 nitrogen and oxygen atoms in total. The van der Waals surface area contributed by atoms with E-state index in [-0.39, 0.29) is 25.0 Å². The number of halogens is 1. The van der Waals surface area contributed by atoms with Gasteiger partial charge in [-0.25, -0.2) is 9.37 Å². The second kappa shape index (κ2) is 9.61. The normalized spacial score (nSPS) is 12.1. The first kappa shape index (κ1) is 21.5. The number of hydrogen-bond donors (Lipinski definition) is 4. The molecule has 166 valence electrons. The fourth-order valence-electron chi connectivity index (χ4n) is 3.39. The Morgan fingerprint density at radius 3 is 2.72 bits per heavy atom. The van der Waals surface area contributed by atoms with E-state index in [4.69, 9.17) is 5.73 Å². The molecule has 0 aliphatic rings. The number of nitrogens with two attached hydrogens (primary N) is 1. The topological polar surface area (TPSA) is 114 Å². The number of aliphatic hydroxyl groups excluding tert-OH is 1. The van der Waals surface area contributed by atoms with E-state index in [9.17, 15) is 9.50 Å². The summed E-state index contributed by atoms with van der Waals surface area (Å²) in [6.45, 7) is 2.81. The fourth-order valence-corrected chi connectivity index (χ4v) is 3.39. The molecule has 0 bridgehead atoms. The molecule has 9 heteroatoms. The van der Waals surface area contributed by atoms with Gasteiger partial charge < -0.3 is 26.0 Å². The van der Waals surface area contributed by atoms with E-state index in [1.54, 1.807) is 6.33 Å². The maximum absolute atomic E-state index is 13.7. The van der Waals surface area contributed by atoms with Crippen LogP contribution in [0.5, 0.6) is 0 Å². The zero-order valence-corrected chi connectivity index (χ0v) is 17.8. The van der Waals surface area contributed by atoms with Crippen molar-refractivity contribution in [2.45, 2.75) is 32.5 Å². The van der Waals surface area contributed by atoms with Crippen LogP contribution in [-0.2, 0) is 13.1 Å². The molecule has 0 aliphatic carbocycles. The van der Waals surface area contributed by atoms with Gasteiger partial charge in [0.2, 0.25) is 5.95 Å². The number of hydrogen-bond acceptors (Lipinski definition) is 7. The average Bonchev–Trinajstić information content (AvgIpc) is 3.21. The molecule has 2 aromatic carbocycles. The first-order valence-corrected chi connectivity index (χ1v) is 10.5. The zero-order valence-electron chi connectivity index (χ0n) is 17.8. The van der Waals surface area contributed by atoms with Crippen LogP contribution < -0.4 is 16.4 Å².